The average Bonchev–Trinajstić information content (AvgIpc) is 3.18. The molecule has 0 radical (unpaired) electrons. The summed E-state index contributed by atoms with van der Waals surface area (Å²) in [5.41, 5.74) is 1.30. The summed E-state index contributed by atoms with van der Waals surface area (Å²) in [6, 6.07) is 15.0. The van der Waals surface area contributed by atoms with E-state index in [0.29, 0.717) is 37.1 Å². The summed E-state index contributed by atoms with van der Waals surface area (Å²) in [4.78, 5) is 34.1. The molecule has 5 rings (SSSR count). The Labute approximate surface area is 164 Å². The van der Waals surface area contributed by atoms with E-state index in [4.69, 9.17) is 4.42 Å². The van der Waals surface area contributed by atoms with E-state index in [0.717, 1.165) is 15.3 Å². The molecule has 2 aromatic carbocycles. The number of piperazine rings is 1. The van der Waals surface area contributed by atoms with Gasteiger partial charge in [-0.2, -0.15) is 0 Å². The summed E-state index contributed by atoms with van der Waals surface area (Å²) in [6.45, 7) is 2.46. The quantitative estimate of drug-likeness (QED) is 0.524. The molecule has 1 aliphatic rings. The van der Waals surface area contributed by atoms with Gasteiger partial charge in [-0.05, 0) is 24.3 Å². The minimum atomic E-state index is -0.277. The van der Waals surface area contributed by atoms with Crippen LogP contribution in [0.4, 0.5) is 5.13 Å². The Hall–Kier alpha value is -3.19. The number of amides is 1. The fourth-order valence-electron chi connectivity index (χ4n) is 3.49. The maximum atomic E-state index is 12.9. The highest BCUT2D eigenvalue weighted by atomic mass is 32.1. The molecule has 1 aliphatic heterocycles. The molecule has 6 nitrogen and oxygen atoms in total. The summed E-state index contributed by atoms with van der Waals surface area (Å²) in [5, 5.41) is 1.40. The lowest BCUT2D eigenvalue weighted by atomic mass is 10.1. The monoisotopic (exact) mass is 391 g/mol. The maximum absolute atomic E-state index is 12.9. The average molecular weight is 391 g/mol. The van der Waals surface area contributed by atoms with Gasteiger partial charge in [-0.1, -0.05) is 35.6 Å². The van der Waals surface area contributed by atoms with Crippen molar-refractivity contribution >= 4 is 43.6 Å². The predicted octanol–water partition coefficient (Wildman–Crippen LogP) is 3.37. The number of benzene rings is 2. The first-order valence-corrected chi connectivity index (χ1v) is 9.93. The highest BCUT2D eigenvalue weighted by Gasteiger charge is 2.26. The highest BCUT2D eigenvalue weighted by molar-refractivity contribution is 7.22. The number of aromatic nitrogens is 1. The molecule has 0 bridgehead atoms. The van der Waals surface area contributed by atoms with Crippen molar-refractivity contribution in [3.05, 3.63) is 70.6 Å². The first-order chi connectivity index (χ1) is 13.7. The Morgan fingerprint density at radius 3 is 2.57 bits per heavy atom. The van der Waals surface area contributed by atoms with E-state index in [2.05, 4.69) is 16.0 Å². The largest absolute Gasteiger partial charge is 0.463 e. The molecular weight excluding hydrogens is 374 g/mol. The lowest BCUT2D eigenvalue weighted by molar-refractivity contribution is 0.0743. The molecule has 0 saturated carbocycles. The molecule has 0 atom stereocenters. The van der Waals surface area contributed by atoms with E-state index >= 15 is 0 Å². The number of nitrogens with zero attached hydrogens (tertiary/aromatic N) is 3. The zero-order valence-corrected chi connectivity index (χ0v) is 15.8. The number of fused-ring (bicyclic) bond motifs is 2. The van der Waals surface area contributed by atoms with Crippen LogP contribution in [0.3, 0.4) is 0 Å². The van der Waals surface area contributed by atoms with Crippen molar-refractivity contribution in [1.29, 1.82) is 0 Å². The van der Waals surface area contributed by atoms with Gasteiger partial charge < -0.3 is 14.2 Å². The number of rotatable bonds is 2. The first kappa shape index (κ1) is 16.9. The third-order valence-electron chi connectivity index (χ3n) is 5.03. The van der Waals surface area contributed by atoms with E-state index in [1.54, 1.807) is 40.5 Å². The number of carbonyl (C=O) groups is 1. The van der Waals surface area contributed by atoms with Crippen LogP contribution >= 0.6 is 11.3 Å². The van der Waals surface area contributed by atoms with Crippen LogP contribution in [-0.2, 0) is 0 Å². The highest BCUT2D eigenvalue weighted by Crippen LogP contribution is 2.29. The molecule has 28 heavy (non-hydrogen) atoms. The second-order valence-corrected chi connectivity index (χ2v) is 7.73. The smallest absolute Gasteiger partial charge is 0.261 e. The molecule has 140 valence electrons. The van der Waals surface area contributed by atoms with Crippen molar-refractivity contribution in [3.63, 3.8) is 0 Å². The van der Waals surface area contributed by atoms with Crippen LogP contribution in [0.1, 0.15) is 10.4 Å². The van der Waals surface area contributed by atoms with Crippen molar-refractivity contribution < 1.29 is 9.21 Å². The second-order valence-electron chi connectivity index (χ2n) is 6.72. The van der Waals surface area contributed by atoms with Crippen molar-refractivity contribution in [3.8, 4) is 0 Å². The zero-order chi connectivity index (χ0) is 19.1. The van der Waals surface area contributed by atoms with Gasteiger partial charge in [-0.3, -0.25) is 9.59 Å². The van der Waals surface area contributed by atoms with Crippen LogP contribution in [0, 0.1) is 0 Å². The molecule has 3 heterocycles. The fourth-order valence-corrected chi connectivity index (χ4v) is 4.51. The third-order valence-corrected chi connectivity index (χ3v) is 6.13. The molecule has 0 N–H and O–H groups in total. The van der Waals surface area contributed by atoms with Gasteiger partial charge in [0, 0.05) is 26.2 Å². The zero-order valence-electron chi connectivity index (χ0n) is 15.0. The Balaban J connectivity index is 1.34. The lowest BCUT2D eigenvalue weighted by Crippen LogP contribution is -2.49. The molecule has 1 amide bonds. The van der Waals surface area contributed by atoms with E-state index in [-0.39, 0.29) is 16.9 Å². The summed E-state index contributed by atoms with van der Waals surface area (Å²) in [5.74, 6) is -0.275. The Kier molecular flexibility index (Phi) is 4.09. The van der Waals surface area contributed by atoms with E-state index < -0.39 is 0 Å². The minimum absolute atomic E-state index is 0.0899. The van der Waals surface area contributed by atoms with Gasteiger partial charge >= 0.3 is 0 Å². The van der Waals surface area contributed by atoms with Gasteiger partial charge in [-0.25, -0.2) is 4.98 Å². The number of carbonyl (C=O) groups excluding carboxylic acids is 1. The van der Waals surface area contributed by atoms with E-state index in [9.17, 15) is 9.59 Å². The fraction of sp³-hybridized carbons (Fsp3) is 0.190. The van der Waals surface area contributed by atoms with Crippen LogP contribution in [0.15, 0.2) is 64.0 Å². The number of thiazole rings is 1. The summed E-state index contributed by atoms with van der Waals surface area (Å²) in [6.07, 6.45) is 1.28. The number of para-hydroxylation sites is 2. The predicted molar refractivity (Wildman–Crippen MR) is 110 cm³/mol. The molecule has 0 unspecified atom stereocenters. The maximum Gasteiger partial charge on any atom is 0.261 e. The molecule has 4 aromatic rings. The standard InChI is InChI=1S/C21H17N3O3S/c25-19-14-5-1-3-7-17(14)27-13-15(19)20(26)23-9-11-24(12-10-23)21-22-16-6-2-4-8-18(16)28-21/h1-8,13H,9-12H2. The molecule has 0 aliphatic carbocycles. The minimum Gasteiger partial charge on any atom is -0.463 e. The molecule has 2 aromatic heterocycles. The van der Waals surface area contributed by atoms with Crippen molar-refractivity contribution in [2.45, 2.75) is 0 Å². The number of anilines is 1. The van der Waals surface area contributed by atoms with Crippen molar-refractivity contribution in [2.75, 3.05) is 31.1 Å². The molecular formula is C21H17N3O3S. The van der Waals surface area contributed by atoms with Crippen molar-refractivity contribution in [1.82, 2.24) is 9.88 Å². The normalized spacial score (nSPS) is 14.7. The Morgan fingerprint density at radius 2 is 1.75 bits per heavy atom. The molecule has 0 spiro atoms. The van der Waals surface area contributed by atoms with Gasteiger partial charge in [0.25, 0.3) is 5.91 Å². The van der Waals surface area contributed by atoms with Crippen LogP contribution in [-0.4, -0.2) is 42.0 Å². The van der Waals surface area contributed by atoms with E-state index in [1.807, 2.05) is 18.2 Å². The molecule has 7 heteroatoms. The SMILES string of the molecule is O=C(c1coc2ccccc2c1=O)N1CCN(c2nc3ccccc3s2)CC1. The topological polar surface area (TPSA) is 66.7 Å². The lowest BCUT2D eigenvalue weighted by Gasteiger charge is -2.34. The second kappa shape index (κ2) is 6.76. The molecule has 1 saturated heterocycles. The van der Waals surface area contributed by atoms with Crippen LogP contribution in [0.2, 0.25) is 0 Å². The van der Waals surface area contributed by atoms with Gasteiger partial charge in [0.05, 0.1) is 15.6 Å². The van der Waals surface area contributed by atoms with Crippen LogP contribution < -0.4 is 10.3 Å². The first-order valence-electron chi connectivity index (χ1n) is 9.11. The van der Waals surface area contributed by atoms with Gasteiger partial charge in [-0.15, -0.1) is 0 Å². The molecule has 1 fully saturated rings. The summed E-state index contributed by atoms with van der Waals surface area (Å²) >= 11 is 1.66. The van der Waals surface area contributed by atoms with Crippen LogP contribution in [0.25, 0.3) is 21.2 Å². The van der Waals surface area contributed by atoms with Crippen molar-refractivity contribution in [2.24, 2.45) is 0 Å². The van der Waals surface area contributed by atoms with Gasteiger partial charge in [0.15, 0.2) is 5.13 Å². The number of hydrogen-bond donors (Lipinski definition) is 0. The van der Waals surface area contributed by atoms with Gasteiger partial charge in [0.1, 0.15) is 17.4 Å². The van der Waals surface area contributed by atoms with E-state index in [1.165, 1.54) is 6.26 Å². The Morgan fingerprint density at radius 1 is 1.00 bits per heavy atom. The summed E-state index contributed by atoms with van der Waals surface area (Å²) < 4.78 is 6.65. The Bertz CT molecular complexity index is 1210. The van der Waals surface area contributed by atoms with Gasteiger partial charge in [0.2, 0.25) is 5.43 Å². The summed E-state index contributed by atoms with van der Waals surface area (Å²) in [7, 11) is 0. The van der Waals surface area contributed by atoms with Crippen LogP contribution in [0.5, 0.6) is 0 Å². The number of hydrogen-bond acceptors (Lipinski definition) is 6. The third kappa shape index (κ3) is 2.84.